The average Bonchev–Trinajstić information content (AvgIpc) is 2.32. The summed E-state index contributed by atoms with van der Waals surface area (Å²) < 4.78 is 18.5. The molecule has 0 spiro atoms. The number of carbonyl (C=O) groups excluding carboxylic acids is 1. The van der Waals surface area contributed by atoms with Gasteiger partial charge in [-0.25, -0.2) is 9.18 Å². The molecule has 1 aromatic carbocycles. The van der Waals surface area contributed by atoms with Crippen LogP contribution in [-0.2, 0) is 4.74 Å². The first-order chi connectivity index (χ1) is 8.56. The van der Waals surface area contributed by atoms with E-state index in [9.17, 15) is 9.18 Å². The summed E-state index contributed by atoms with van der Waals surface area (Å²) in [6.45, 7) is 2.15. The van der Waals surface area contributed by atoms with E-state index in [0.717, 1.165) is 25.3 Å². The number of esters is 1. The number of rotatable bonds is 2. The normalized spacial score (nSPS) is 23.7. The van der Waals surface area contributed by atoms with Crippen LogP contribution in [0.4, 0.5) is 10.1 Å². The lowest BCUT2D eigenvalue weighted by atomic mass is 9.89. The van der Waals surface area contributed by atoms with Gasteiger partial charge in [0.2, 0.25) is 0 Å². The molecule has 0 heterocycles. The van der Waals surface area contributed by atoms with Crippen molar-refractivity contribution in [1.29, 1.82) is 0 Å². The predicted octanol–water partition coefficient (Wildman–Crippen LogP) is 3.14. The Labute approximate surface area is 106 Å². The van der Waals surface area contributed by atoms with Crippen LogP contribution < -0.4 is 5.73 Å². The number of nitrogen functional groups attached to an aromatic ring is 1. The maximum absolute atomic E-state index is 13.1. The molecule has 2 atom stereocenters. The van der Waals surface area contributed by atoms with Gasteiger partial charge in [0.25, 0.3) is 0 Å². The third-order valence-corrected chi connectivity index (χ3v) is 3.40. The molecule has 1 aromatic rings. The van der Waals surface area contributed by atoms with Crippen molar-refractivity contribution in [2.45, 2.75) is 38.7 Å². The summed E-state index contributed by atoms with van der Waals surface area (Å²) in [7, 11) is 0. The molecule has 3 nitrogen and oxygen atoms in total. The van der Waals surface area contributed by atoms with E-state index in [4.69, 9.17) is 10.5 Å². The predicted molar refractivity (Wildman–Crippen MR) is 67.6 cm³/mol. The summed E-state index contributed by atoms with van der Waals surface area (Å²) >= 11 is 0. The summed E-state index contributed by atoms with van der Waals surface area (Å²) in [5.74, 6) is -0.430. The minimum atomic E-state index is -0.522. The molecule has 1 fully saturated rings. The third-order valence-electron chi connectivity index (χ3n) is 3.40. The standard InChI is InChI=1S/C14H18FNO2/c1-9-3-2-4-11(7-9)18-14(17)12-8-10(15)5-6-13(12)16/h5-6,8-9,11H,2-4,7,16H2,1H3. The summed E-state index contributed by atoms with van der Waals surface area (Å²) in [6, 6.07) is 3.74. The van der Waals surface area contributed by atoms with Crippen LogP contribution in [0.2, 0.25) is 0 Å². The van der Waals surface area contributed by atoms with Crippen molar-refractivity contribution in [2.24, 2.45) is 5.92 Å². The van der Waals surface area contributed by atoms with E-state index in [1.54, 1.807) is 0 Å². The second-order valence-electron chi connectivity index (χ2n) is 5.03. The number of halogens is 1. The van der Waals surface area contributed by atoms with Crippen molar-refractivity contribution >= 4 is 11.7 Å². The number of carbonyl (C=O) groups is 1. The number of nitrogens with two attached hydrogens (primary N) is 1. The molecule has 2 N–H and O–H groups in total. The summed E-state index contributed by atoms with van der Waals surface area (Å²) in [5.41, 5.74) is 6.03. The molecule has 0 aromatic heterocycles. The lowest BCUT2D eigenvalue weighted by Crippen LogP contribution is -2.25. The highest BCUT2D eigenvalue weighted by Crippen LogP contribution is 2.27. The first kappa shape index (κ1) is 12.9. The SMILES string of the molecule is CC1CCCC(OC(=O)c2cc(F)ccc2N)C1. The van der Waals surface area contributed by atoms with Crippen molar-refractivity contribution in [3.05, 3.63) is 29.6 Å². The van der Waals surface area contributed by atoms with Gasteiger partial charge in [-0.3, -0.25) is 0 Å². The van der Waals surface area contributed by atoms with E-state index in [0.29, 0.717) is 5.92 Å². The molecule has 1 aliphatic rings. The fourth-order valence-electron chi connectivity index (χ4n) is 2.41. The fraction of sp³-hybridized carbons (Fsp3) is 0.500. The van der Waals surface area contributed by atoms with Gasteiger partial charge in [-0.1, -0.05) is 13.3 Å². The number of benzene rings is 1. The first-order valence-electron chi connectivity index (χ1n) is 6.32. The first-order valence-corrected chi connectivity index (χ1v) is 6.32. The molecule has 0 amide bonds. The van der Waals surface area contributed by atoms with Crippen molar-refractivity contribution in [2.75, 3.05) is 5.73 Å². The van der Waals surface area contributed by atoms with E-state index in [-0.39, 0.29) is 17.4 Å². The summed E-state index contributed by atoms with van der Waals surface area (Å²) in [6.07, 6.45) is 3.93. The topological polar surface area (TPSA) is 52.3 Å². The van der Waals surface area contributed by atoms with Crippen LogP contribution in [-0.4, -0.2) is 12.1 Å². The van der Waals surface area contributed by atoms with Crippen LogP contribution >= 0.6 is 0 Å². The van der Waals surface area contributed by atoms with Crippen LogP contribution in [0.5, 0.6) is 0 Å². The lowest BCUT2D eigenvalue weighted by molar-refractivity contribution is 0.0156. The highest BCUT2D eigenvalue weighted by Gasteiger charge is 2.23. The molecule has 1 saturated carbocycles. The molecule has 1 aliphatic carbocycles. The van der Waals surface area contributed by atoms with Gasteiger partial charge >= 0.3 is 5.97 Å². The van der Waals surface area contributed by atoms with Gasteiger partial charge in [-0.15, -0.1) is 0 Å². The maximum Gasteiger partial charge on any atom is 0.340 e. The lowest BCUT2D eigenvalue weighted by Gasteiger charge is -2.26. The van der Waals surface area contributed by atoms with Crippen molar-refractivity contribution in [1.82, 2.24) is 0 Å². The second-order valence-corrected chi connectivity index (χ2v) is 5.03. The zero-order valence-electron chi connectivity index (χ0n) is 10.5. The maximum atomic E-state index is 13.1. The van der Waals surface area contributed by atoms with E-state index >= 15 is 0 Å². The monoisotopic (exact) mass is 251 g/mol. The Hall–Kier alpha value is -1.58. The number of ether oxygens (including phenoxy) is 1. The molecule has 0 saturated heterocycles. The Bertz CT molecular complexity index is 447. The van der Waals surface area contributed by atoms with Crippen LogP contribution in [0.3, 0.4) is 0 Å². The van der Waals surface area contributed by atoms with Gasteiger partial charge in [-0.05, 0) is 43.4 Å². The number of hydrogen-bond donors (Lipinski definition) is 1. The molecule has 4 heteroatoms. The molecule has 0 radical (unpaired) electrons. The van der Waals surface area contributed by atoms with Gasteiger partial charge in [0.15, 0.2) is 0 Å². The van der Waals surface area contributed by atoms with Gasteiger partial charge in [-0.2, -0.15) is 0 Å². The second kappa shape index (κ2) is 5.38. The number of anilines is 1. The smallest absolute Gasteiger partial charge is 0.340 e. The summed E-state index contributed by atoms with van der Waals surface area (Å²) in [4.78, 5) is 11.9. The molecule has 2 unspecified atom stereocenters. The fourth-order valence-corrected chi connectivity index (χ4v) is 2.41. The van der Waals surface area contributed by atoms with Crippen LogP contribution in [0.25, 0.3) is 0 Å². The minimum absolute atomic E-state index is 0.0658. The van der Waals surface area contributed by atoms with Gasteiger partial charge in [0, 0.05) is 5.69 Å². The van der Waals surface area contributed by atoms with E-state index in [1.165, 1.54) is 18.6 Å². The summed E-state index contributed by atoms with van der Waals surface area (Å²) in [5, 5.41) is 0. The van der Waals surface area contributed by atoms with Gasteiger partial charge in [0.05, 0.1) is 5.56 Å². The zero-order chi connectivity index (χ0) is 13.1. The Morgan fingerprint density at radius 2 is 2.22 bits per heavy atom. The molecule has 2 rings (SSSR count). The Morgan fingerprint density at radius 3 is 2.94 bits per heavy atom. The zero-order valence-corrected chi connectivity index (χ0v) is 10.5. The highest BCUT2D eigenvalue weighted by molar-refractivity contribution is 5.95. The van der Waals surface area contributed by atoms with Crippen molar-refractivity contribution in [3.63, 3.8) is 0 Å². The van der Waals surface area contributed by atoms with E-state index < -0.39 is 11.8 Å². The minimum Gasteiger partial charge on any atom is -0.459 e. The quantitative estimate of drug-likeness (QED) is 0.649. The van der Waals surface area contributed by atoms with E-state index in [2.05, 4.69) is 6.92 Å². The molecule has 98 valence electrons. The molecule has 18 heavy (non-hydrogen) atoms. The Morgan fingerprint density at radius 1 is 1.44 bits per heavy atom. The van der Waals surface area contributed by atoms with Crippen LogP contribution in [0.1, 0.15) is 43.0 Å². The molecular formula is C14H18FNO2. The van der Waals surface area contributed by atoms with Crippen molar-refractivity contribution < 1.29 is 13.9 Å². The third kappa shape index (κ3) is 3.00. The average molecular weight is 251 g/mol. The Balaban J connectivity index is 2.05. The highest BCUT2D eigenvalue weighted by atomic mass is 19.1. The van der Waals surface area contributed by atoms with E-state index in [1.807, 2.05) is 0 Å². The van der Waals surface area contributed by atoms with Crippen LogP contribution in [0.15, 0.2) is 18.2 Å². The Kier molecular flexibility index (Phi) is 3.84. The molecular weight excluding hydrogens is 233 g/mol. The molecule has 0 aliphatic heterocycles. The van der Waals surface area contributed by atoms with Crippen molar-refractivity contribution in [3.8, 4) is 0 Å². The van der Waals surface area contributed by atoms with Gasteiger partial charge < -0.3 is 10.5 Å². The molecule has 0 bridgehead atoms. The number of hydrogen-bond acceptors (Lipinski definition) is 3. The largest absolute Gasteiger partial charge is 0.459 e. The van der Waals surface area contributed by atoms with Gasteiger partial charge in [0.1, 0.15) is 11.9 Å². The van der Waals surface area contributed by atoms with Crippen LogP contribution in [0, 0.1) is 11.7 Å².